The molecule has 0 aliphatic heterocycles. The van der Waals surface area contributed by atoms with E-state index in [1.54, 1.807) is 17.5 Å². The van der Waals surface area contributed by atoms with Crippen LogP contribution in [0.1, 0.15) is 6.92 Å². The molecule has 3 nitrogen and oxygen atoms in total. The Balaban J connectivity index is 2.06. The van der Waals surface area contributed by atoms with E-state index in [0.717, 1.165) is 25.6 Å². The molecule has 3 aromatic rings. The quantitative estimate of drug-likeness (QED) is 0.654. The number of aromatic nitrogens is 2. The van der Waals surface area contributed by atoms with Gasteiger partial charge in [0, 0.05) is 10.7 Å². The van der Waals surface area contributed by atoms with Crippen LogP contribution in [0, 0.1) is 0 Å². The standard InChI is InChI=1S/C16H13BrN2OS/c1-2-20-15-14(11-6-8-12(17)9-7-11)21-16(19-15)13-5-3-4-10-18-13/h3-10H,2H2,1H3. The summed E-state index contributed by atoms with van der Waals surface area (Å²) in [5.41, 5.74) is 1.97. The summed E-state index contributed by atoms with van der Waals surface area (Å²) in [5.74, 6) is 0.672. The second-order valence-corrected chi connectivity index (χ2v) is 6.22. The highest BCUT2D eigenvalue weighted by atomic mass is 79.9. The average Bonchev–Trinajstić information content (AvgIpc) is 2.93. The third kappa shape index (κ3) is 3.14. The molecule has 0 saturated carbocycles. The average molecular weight is 361 g/mol. The topological polar surface area (TPSA) is 35.0 Å². The van der Waals surface area contributed by atoms with Crippen LogP contribution in [0.5, 0.6) is 5.88 Å². The van der Waals surface area contributed by atoms with E-state index >= 15 is 0 Å². The largest absolute Gasteiger partial charge is 0.477 e. The molecule has 0 atom stereocenters. The zero-order chi connectivity index (χ0) is 14.7. The summed E-state index contributed by atoms with van der Waals surface area (Å²) in [4.78, 5) is 9.98. The molecule has 0 amide bonds. The summed E-state index contributed by atoms with van der Waals surface area (Å²) in [6, 6.07) is 14.0. The SMILES string of the molecule is CCOc1nc(-c2ccccn2)sc1-c1ccc(Br)cc1. The van der Waals surface area contributed by atoms with Gasteiger partial charge in [0.1, 0.15) is 5.01 Å². The number of thiazole rings is 1. The molecule has 3 rings (SSSR count). The number of halogens is 1. The minimum Gasteiger partial charge on any atom is -0.477 e. The van der Waals surface area contributed by atoms with Gasteiger partial charge in [0.05, 0.1) is 17.2 Å². The third-order valence-electron chi connectivity index (χ3n) is 2.87. The zero-order valence-electron chi connectivity index (χ0n) is 11.4. The van der Waals surface area contributed by atoms with Gasteiger partial charge in [0.25, 0.3) is 0 Å². The zero-order valence-corrected chi connectivity index (χ0v) is 13.8. The number of nitrogens with zero attached hydrogens (tertiary/aromatic N) is 2. The van der Waals surface area contributed by atoms with E-state index in [2.05, 4.69) is 38.0 Å². The Morgan fingerprint density at radius 1 is 1.14 bits per heavy atom. The van der Waals surface area contributed by atoms with Gasteiger partial charge in [0.15, 0.2) is 0 Å². The normalized spacial score (nSPS) is 10.6. The number of rotatable bonds is 4. The number of pyridine rings is 1. The van der Waals surface area contributed by atoms with Gasteiger partial charge in [-0.2, -0.15) is 4.98 Å². The highest BCUT2D eigenvalue weighted by Crippen LogP contribution is 2.39. The first kappa shape index (κ1) is 14.2. The van der Waals surface area contributed by atoms with Crippen LogP contribution in [-0.2, 0) is 0 Å². The van der Waals surface area contributed by atoms with Crippen molar-refractivity contribution in [2.75, 3.05) is 6.61 Å². The van der Waals surface area contributed by atoms with Crippen LogP contribution in [0.25, 0.3) is 21.1 Å². The lowest BCUT2D eigenvalue weighted by molar-refractivity contribution is 0.330. The predicted octanol–water partition coefficient (Wildman–Crippen LogP) is 5.03. The maximum atomic E-state index is 5.68. The molecule has 0 aliphatic carbocycles. The Morgan fingerprint density at radius 3 is 2.62 bits per heavy atom. The van der Waals surface area contributed by atoms with Crippen molar-refractivity contribution < 1.29 is 4.74 Å². The molecular weight excluding hydrogens is 348 g/mol. The summed E-state index contributed by atoms with van der Waals surface area (Å²) in [5, 5.41) is 0.872. The Morgan fingerprint density at radius 2 is 1.95 bits per heavy atom. The Labute approximate surface area is 135 Å². The Kier molecular flexibility index (Phi) is 4.31. The monoisotopic (exact) mass is 360 g/mol. The number of ether oxygens (including phenoxy) is 1. The van der Waals surface area contributed by atoms with E-state index < -0.39 is 0 Å². The first-order valence-corrected chi connectivity index (χ1v) is 8.20. The molecule has 0 N–H and O–H groups in total. The van der Waals surface area contributed by atoms with Crippen molar-refractivity contribution in [3.05, 3.63) is 53.1 Å². The lowest BCUT2D eigenvalue weighted by Crippen LogP contribution is -1.93. The van der Waals surface area contributed by atoms with Crippen LogP contribution >= 0.6 is 27.3 Å². The van der Waals surface area contributed by atoms with Gasteiger partial charge in [-0.3, -0.25) is 4.98 Å². The van der Waals surface area contributed by atoms with Crippen LogP contribution in [0.2, 0.25) is 0 Å². The molecule has 2 heterocycles. The summed E-state index contributed by atoms with van der Waals surface area (Å²) in [6.45, 7) is 2.56. The van der Waals surface area contributed by atoms with Crippen LogP contribution in [0.15, 0.2) is 53.1 Å². The van der Waals surface area contributed by atoms with Crippen molar-refractivity contribution in [1.29, 1.82) is 0 Å². The number of hydrogen-bond acceptors (Lipinski definition) is 4. The molecule has 21 heavy (non-hydrogen) atoms. The lowest BCUT2D eigenvalue weighted by Gasteiger charge is -2.02. The maximum Gasteiger partial charge on any atom is 0.233 e. The van der Waals surface area contributed by atoms with Crippen LogP contribution in [0.3, 0.4) is 0 Å². The predicted molar refractivity (Wildman–Crippen MR) is 89.7 cm³/mol. The van der Waals surface area contributed by atoms with Gasteiger partial charge in [-0.15, -0.1) is 11.3 Å². The molecule has 0 bridgehead atoms. The molecule has 0 unspecified atom stereocenters. The van der Waals surface area contributed by atoms with Crippen molar-refractivity contribution >= 4 is 27.3 Å². The molecule has 0 fully saturated rings. The highest BCUT2D eigenvalue weighted by molar-refractivity contribution is 9.10. The smallest absolute Gasteiger partial charge is 0.233 e. The van der Waals surface area contributed by atoms with Crippen molar-refractivity contribution in [2.24, 2.45) is 0 Å². The van der Waals surface area contributed by atoms with Gasteiger partial charge < -0.3 is 4.74 Å². The maximum absolute atomic E-state index is 5.68. The van der Waals surface area contributed by atoms with Crippen LogP contribution < -0.4 is 4.74 Å². The summed E-state index contributed by atoms with van der Waals surface area (Å²) < 4.78 is 6.74. The molecule has 5 heteroatoms. The van der Waals surface area contributed by atoms with Gasteiger partial charge in [-0.25, -0.2) is 0 Å². The summed E-state index contributed by atoms with van der Waals surface area (Å²) in [7, 11) is 0. The Bertz CT molecular complexity index is 726. The third-order valence-corrected chi connectivity index (χ3v) is 4.50. The molecule has 0 spiro atoms. The minimum atomic E-state index is 0.592. The second kappa shape index (κ2) is 6.37. The number of hydrogen-bond donors (Lipinski definition) is 0. The van der Waals surface area contributed by atoms with Crippen LogP contribution in [0.4, 0.5) is 0 Å². The van der Waals surface area contributed by atoms with E-state index in [4.69, 9.17) is 4.74 Å². The van der Waals surface area contributed by atoms with E-state index in [1.807, 2.05) is 37.3 Å². The first-order chi connectivity index (χ1) is 10.3. The fourth-order valence-corrected chi connectivity index (χ4v) is 3.18. The Hall–Kier alpha value is -1.72. The van der Waals surface area contributed by atoms with E-state index in [1.165, 1.54) is 0 Å². The fraction of sp³-hybridized carbons (Fsp3) is 0.125. The molecule has 0 saturated heterocycles. The molecule has 106 valence electrons. The summed E-state index contributed by atoms with van der Waals surface area (Å²) >= 11 is 5.05. The van der Waals surface area contributed by atoms with E-state index in [0.29, 0.717) is 12.5 Å². The van der Waals surface area contributed by atoms with Crippen molar-refractivity contribution in [1.82, 2.24) is 9.97 Å². The molecule has 1 aromatic carbocycles. The van der Waals surface area contributed by atoms with Gasteiger partial charge in [-0.05, 0) is 36.8 Å². The van der Waals surface area contributed by atoms with Crippen LogP contribution in [-0.4, -0.2) is 16.6 Å². The van der Waals surface area contributed by atoms with Crippen molar-refractivity contribution in [2.45, 2.75) is 6.92 Å². The minimum absolute atomic E-state index is 0.592. The highest BCUT2D eigenvalue weighted by Gasteiger charge is 2.16. The van der Waals surface area contributed by atoms with E-state index in [9.17, 15) is 0 Å². The second-order valence-electron chi connectivity index (χ2n) is 4.31. The molecule has 0 aliphatic rings. The number of benzene rings is 1. The van der Waals surface area contributed by atoms with Gasteiger partial charge in [-0.1, -0.05) is 34.1 Å². The van der Waals surface area contributed by atoms with Crippen molar-refractivity contribution in [3.8, 4) is 27.0 Å². The van der Waals surface area contributed by atoms with E-state index in [-0.39, 0.29) is 0 Å². The molecular formula is C16H13BrN2OS. The first-order valence-electron chi connectivity index (χ1n) is 6.59. The lowest BCUT2D eigenvalue weighted by atomic mass is 10.2. The summed E-state index contributed by atoms with van der Waals surface area (Å²) in [6.07, 6.45) is 1.77. The van der Waals surface area contributed by atoms with Gasteiger partial charge in [0.2, 0.25) is 5.88 Å². The van der Waals surface area contributed by atoms with Crippen molar-refractivity contribution in [3.63, 3.8) is 0 Å². The fourth-order valence-electron chi connectivity index (χ4n) is 1.92. The molecule has 0 radical (unpaired) electrons. The van der Waals surface area contributed by atoms with Gasteiger partial charge >= 0.3 is 0 Å². The molecule has 2 aromatic heterocycles.